The summed E-state index contributed by atoms with van der Waals surface area (Å²) in [6, 6.07) is 0.546. The van der Waals surface area contributed by atoms with Crippen LogP contribution in [0.3, 0.4) is 0 Å². The Balaban J connectivity index is 1.47. The molecule has 2 fully saturated rings. The molecular formula is C47H64N4O13. The van der Waals surface area contributed by atoms with E-state index in [0.29, 0.717) is 19.1 Å². The number of benzene rings is 2. The predicted octanol–water partition coefficient (Wildman–Crippen LogP) is 4.62. The van der Waals surface area contributed by atoms with Crippen molar-refractivity contribution in [1.29, 1.82) is 0 Å². The van der Waals surface area contributed by atoms with E-state index in [0.717, 1.165) is 13.1 Å². The number of rotatable bonds is 6. The molecule has 350 valence electrons. The number of carbonyl (C=O) groups is 3. The van der Waals surface area contributed by atoms with Gasteiger partial charge in [-0.05, 0) is 32.8 Å². The number of hydrazone groups is 1. The van der Waals surface area contributed by atoms with E-state index in [1.165, 1.54) is 78.2 Å². The number of amides is 1. The first-order valence-corrected chi connectivity index (χ1v) is 22.1. The molecule has 5 bridgehead atoms. The number of nitrogens with zero attached hydrogens (tertiary/aromatic N) is 3. The van der Waals surface area contributed by atoms with Crippen molar-refractivity contribution in [3.8, 4) is 23.0 Å². The number of aliphatic hydroxyl groups excluding tert-OH is 3. The largest absolute Gasteiger partial charge is 0.507 e. The maximum absolute atomic E-state index is 14.5. The topological polar surface area (TPSA) is 240 Å². The number of piperazine rings is 1. The number of Topliss-reactive ketones (excluding diaryl/α,β-unsaturated/α-hetero) is 1. The van der Waals surface area contributed by atoms with E-state index < -0.39 is 95.4 Å². The minimum atomic E-state index is -2.08. The minimum Gasteiger partial charge on any atom is -0.507 e. The zero-order valence-electron chi connectivity index (χ0n) is 37.9. The van der Waals surface area contributed by atoms with Crippen LogP contribution in [-0.2, 0) is 23.8 Å². The summed E-state index contributed by atoms with van der Waals surface area (Å²) in [5.74, 6) is -9.10. The van der Waals surface area contributed by atoms with Crippen molar-refractivity contribution in [1.82, 2.24) is 9.91 Å². The SMILES string of the molecule is CO[C@H]1/C=C/O[C@@]2(C)Oc3c(C)c(O)c4c(O)c(c(/C=N/N5CCN(C6CCCC6)CC5)c(O)c4c3C2=O)NC(=O)/C(C)=C\C=C\[C@H](C)[C@H](O)[C@@H](C)[C@@H](O)[C@@H](C)[C@H](OC(=O)CO)[C@@H]1C. The predicted molar refractivity (Wildman–Crippen MR) is 238 cm³/mol. The van der Waals surface area contributed by atoms with E-state index in [1.807, 2.05) is 5.01 Å². The normalized spacial score (nSPS) is 32.0. The lowest BCUT2D eigenvalue weighted by molar-refractivity contribution is -0.166. The molecule has 5 aliphatic rings. The van der Waals surface area contributed by atoms with Crippen LogP contribution in [-0.4, -0.2) is 141 Å². The monoisotopic (exact) mass is 892 g/mol. The maximum Gasteiger partial charge on any atom is 0.332 e. The van der Waals surface area contributed by atoms with Crippen LogP contribution in [0.2, 0.25) is 0 Å². The number of fused-ring (bicyclic) bond motifs is 14. The fourth-order valence-corrected chi connectivity index (χ4v) is 9.47. The standard InChI is InChI=1S/C47H64N4O13/c1-24-12-11-13-25(2)46(60)49-37-31(22-48-51-19-17-50(18-20-51)30-14-9-10-15-30)41(57)34-35(42(37)58)40(56)29(6)44-36(34)45(59)47(7,64-44)62-21-16-32(61-8)26(3)43(63-33(53)23-52)28(5)39(55)27(4)38(24)54/h11-13,16,21-22,24,26-28,30,32,38-39,43,52,54-58H,9-10,14-15,17-20,23H2,1-8H3,(H,49,60)/b12-11+,21-16+,25-13-,48-22+/t24-,26+,27+,28+,32-,38-,39+,43+,47-/m0/s1. The van der Waals surface area contributed by atoms with Crippen molar-refractivity contribution in [3.63, 3.8) is 0 Å². The van der Waals surface area contributed by atoms with Gasteiger partial charge in [0.1, 0.15) is 30.0 Å². The molecule has 0 unspecified atom stereocenters. The van der Waals surface area contributed by atoms with Crippen molar-refractivity contribution in [3.05, 3.63) is 52.8 Å². The number of nitrogens with one attached hydrogen (secondary N) is 1. The number of methoxy groups -OCH3 is 1. The van der Waals surface area contributed by atoms with Gasteiger partial charge in [0.15, 0.2) is 5.75 Å². The molecular weight excluding hydrogens is 829 g/mol. The Kier molecular flexibility index (Phi) is 15.0. The fraction of sp³-hybridized carbons (Fsp3) is 0.574. The second-order valence-corrected chi connectivity index (χ2v) is 17.8. The third kappa shape index (κ3) is 9.45. The number of anilines is 1. The molecule has 7 rings (SSSR count). The summed E-state index contributed by atoms with van der Waals surface area (Å²) in [6.07, 6.45) is 9.18. The number of hydrogen-bond acceptors (Lipinski definition) is 16. The number of aromatic hydroxyl groups is 3. The molecule has 2 aromatic carbocycles. The summed E-state index contributed by atoms with van der Waals surface area (Å²) in [6.45, 7) is 12.9. The molecule has 17 heteroatoms. The van der Waals surface area contributed by atoms with Gasteiger partial charge in [-0.25, -0.2) is 4.79 Å². The van der Waals surface area contributed by atoms with Gasteiger partial charge in [0.05, 0.1) is 53.0 Å². The lowest BCUT2D eigenvalue weighted by Crippen LogP contribution is -2.47. The highest BCUT2D eigenvalue weighted by Crippen LogP contribution is 2.55. The van der Waals surface area contributed by atoms with Crippen LogP contribution in [0.5, 0.6) is 23.0 Å². The van der Waals surface area contributed by atoms with E-state index in [4.69, 9.17) is 18.9 Å². The summed E-state index contributed by atoms with van der Waals surface area (Å²) in [5, 5.41) is 77.1. The Hall–Kier alpha value is -5.20. The number of esters is 1. The smallest absolute Gasteiger partial charge is 0.332 e. The molecule has 4 aliphatic heterocycles. The number of hydrogen-bond donors (Lipinski definition) is 7. The van der Waals surface area contributed by atoms with Crippen LogP contribution in [0, 0.1) is 30.6 Å². The van der Waals surface area contributed by atoms with Crippen LogP contribution in [0.1, 0.15) is 88.7 Å². The number of carbonyl (C=O) groups excluding carboxylic acids is 3. The molecule has 0 aromatic heterocycles. The van der Waals surface area contributed by atoms with Gasteiger partial charge in [0.25, 0.3) is 11.7 Å². The number of allylic oxidation sites excluding steroid dienone is 2. The molecule has 1 saturated heterocycles. The van der Waals surface area contributed by atoms with Gasteiger partial charge in [0.2, 0.25) is 0 Å². The van der Waals surface area contributed by atoms with E-state index in [-0.39, 0.29) is 44.5 Å². The van der Waals surface area contributed by atoms with Gasteiger partial charge in [-0.3, -0.25) is 19.5 Å². The number of ketones is 1. The summed E-state index contributed by atoms with van der Waals surface area (Å²) >= 11 is 0. The van der Waals surface area contributed by atoms with E-state index in [9.17, 15) is 45.0 Å². The first-order valence-electron chi connectivity index (χ1n) is 22.1. The molecule has 9 atom stereocenters. The molecule has 1 aliphatic carbocycles. The summed E-state index contributed by atoms with van der Waals surface area (Å²) in [5.41, 5.74) is -0.381. The molecule has 1 amide bonds. The van der Waals surface area contributed by atoms with Crippen molar-refractivity contribution in [2.24, 2.45) is 28.8 Å². The fourth-order valence-electron chi connectivity index (χ4n) is 9.47. The lowest BCUT2D eigenvalue weighted by Gasteiger charge is -2.38. The van der Waals surface area contributed by atoms with Gasteiger partial charge < -0.3 is 54.9 Å². The Bertz CT molecular complexity index is 2210. The lowest BCUT2D eigenvalue weighted by atomic mass is 9.78. The van der Waals surface area contributed by atoms with Gasteiger partial charge >= 0.3 is 11.8 Å². The van der Waals surface area contributed by atoms with Crippen molar-refractivity contribution in [2.75, 3.05) is 45.2 Å². The third-order valence-electron chi connectivity index (χ3n) is 13.6. The average molecular weight is 893 g/mol. The summed E-state index contributed by atoms with van der Waals surface area (Å²) in [7, 11) is 1.40. The van der Waals surface area contributed by atoms with Crippen LogP contribution >= 0.6 is 0 Å². The second kappa shape index (κ2) is 19.9. The van der Waals surface area contributed by atoms with Gasteiger partial charge in [0, 0.05) is 86.4 Å². The first-order chi connectivity index (χ1) is 30.3. The van der Waals surface area contributed by atoms with Crippen LogP contribution in [0.25, 0.3) is 10.8 Å². The quantitative estimate of drug-likeness (QED) is 0.0907. The van der Waals surface area contributed by atoms with Crippen molar-refractivity contribution >= 4 is 40.3 Å². The first kappa shape index (κ1) is 48.3. The molecule has 0 radical (unpaired) electrons. The van der Waals surface area contributed by atoms with Gasteiger partial charge in [-0.2, -0.15) is 5.10 Å². The molecule has 1 saturated carbocycles. The molecule has 2 aromatic rings. The number of aliphatic hydroxyl groups is 3. The summed E-state index contributed by atoms with van der Waals surface area (Å²) < 4.78 is 23.6. The Morgan fingerprint density at radius 2 is 1.61 bits per heavy atom. The second-order valence-electron chi connectivity index (χ2n) is 17.8. The van der Waals surface area contributed by atoms with Gasteiger partial charge in [-0.15, -0.1) is 0 Å². The van der Waals surface area contributed by atoms with Crippen LogP contribution < -0.4 is 10.1 Å². The summed E-state index contributed by atoms with van der Waals surface area (Å²) in [4.78, 5) is 43.4. The number of ether oxygens (including phenoxy) is 4. The number of phenolic OH excluding ortho intramolecular Hbond substituents is 3. The third-order valence-corrected chi connectivity index (χ3v) is 13.6. The number of phenols is 3. The van der Waals surface area contributed by atoms with E-state index in [2.05, 4.69) is 15.3 Å². The van der Waals surface area contributed by atoms with Gasteiger partial charge in [-0.1, -0.05) is 58.8 Å². The Labute approximate surface area is 373 Å². The zero-order valence-corrected chi connectivity index (χ0v) is 37.9. The van der Waals surface area contributed by atoms with E-state index in [1.54, 1.807) is 39.8 Å². The molecule has 64 heavy (non-hydrogen) atoms. The Morgan fingerprint density at radius 3 is 2.25 bits per heavy atom. The zero-order chi connectivity index (χ0) is 46.8. The highest BCUT2D eigenvalue weighted by Gasteiger charge is 2.50. The maximum atomic E-state index is 14.5. The van der Waals surface area contributed by atoms with Crippen LogP contribution in [0.4, 0.5) is 5.69 Å². The van der Waals surface area contributed by atoms with E-state index >= 15 is 0 Å². The molecule has 4 heterocycles. The molecule has 0 spiro atoms. The Morgan fingerprint density at radius 1 is 0.938 bits per heavy atom. The molecule has 7 N–H and O–H groups in total. The minimum absolute atomic E-state index is 0.0439. The van der Waals surface area contributed by atoms with Crippen molar-refractivity contribution in [2.45, 2.75) is 110 Å². The van der Waals surface area contributed by atoms with Crippen LogP contribution in [0.15, 0.2) is 41.2 Å². The highest BCUT2D eigenvalue weighted by atomic mass is 16.7. The highest BCUT2D eigenvalue weighted by molar-refractivity contribution is 6.23. The van der Waals surface area contributed by atoms with Crippen molar-refractivity contribution < 1.29 is 64.0 Å². The molecule has 17 nitrogen and oxygen atoms in total. The average Bonchev–Trinajstić information content (AvgIpc) is 3.92.